The third kappa shape index (κ3) is 8.57. The summed E-state index contributed by atoms with van der Waals surface area (Å²) >= 11 is 0. The third-order valence-corrected chi connectivity index (χ3v) is 6.42. The molecule has 0 radical (unpaired) electrons. The van der Waals surface area contributed by atoms with Gasteiger partial charge in [-0.05, 0) is 80.7 Å². The molecule has 1 aliphatic rings. The van der Waals surface area contributed by atoms with Gasteiger partial charge in [0.05, 0.1) is 19.6 Å². The van der Waals surface area contributed by atoms with Crippen LogP contribution in [0.4, 0.5) is 4.39 Å². The molecule has 1 aromatic heterocycles. The van der Waals surface area contributed by atoms with Crippen molar-refractivity contribution in [3.05, 3.63) is 77.9 Å². The smallest absolute Gasteiger partial charge is 0.226 e. The minimum atomic E-state index is -0.371. The van der Waals surface area contributed by atoms with E-state index in [4.69, 9.17) is 9.47 Å². The second-order valence-corrected chi connectivity index (χ2v) is 9.35. The SMILES string of the molecule is CCOc1ccc(-c2ccc(CC(=O)NCc3cc(F)cc(OCCCN4CCCCC4)c3)nc2)cc1. The molecule has 1 aliphatic heterocycles. The summed E-state index contributed by atoms with van der Waals surface area (Å²) in [6.45, 7) is 6.68. The number of nitrogens with one attached hydrogen (secondary N) is 1. The molecule has 0 saturated carbocycles. The highest BCUT2D eigenvalue weighted by Crippen LogP contribution is 2.22. The standard InChI is InChI=1S/C30H36FN3O3/c1-2-36-28-11-8-24(9-12-28)25-7-10-27(32-22-25)20-30(35)33-21-23-17-26(31)19-29(18-23)37-16-6-15-34-13-4-3-5-14-34/h7-12,17-19,22H,2-6,13-16,20-21H2,1H3,(H,33,35). The topological polar surface area (TPSA) is 63.7 Å². The number of benzene rings is 2. The largest absolute Gasteiger partial charge is 0.494 e. The zero-order chi connectivity index (χ0) is 25.9. The predicted molar refractivity (Wildman–Crippen MR) is 143 cm³/mol. The average Bonchev–Trinajstić information content (AvgIpc) is 2.91. The van der Waals surface area contributed by atoms with Crippen molar-refractivity contribution < 1.29 is 18.7 Å². The van der Waals surface area contributed by atoms with Crippen LogP contribution in [0.3, 0.4) is 0 Å². The maximum absolute atomic E-state index is 14.1. The fourth-order valence-corrected chi connectivity index (χ4v) is 4.51. The van der Waals surface area contributed by atoms with Crippen molar-refractivity contribution in [1.82, 2.24) is 15.2 Å². The van der Waals surface area contributed by atoms with Gasteiger partial charge in [-0.2, -0.15) is 0 Å². The third-order valence-electron chi connectivity index (χ3n) is 6.42. The summed E-state index contributed by atoms with van der Waals surface area (Å²) in [6.07, 6.45) is 6.68. The van der Waals surface area contributed by atoms with Crippen LogP contribution < -0.4 is 14.8 Å². The second kappa shape index (κ2) is 13.7. The average molecular weight is 506 g/mol. The molecule has 6 nitrogen and oxygen atoms in total. The Kier molecular flexibility index (Phi) is 9.89. The molecule has 4 rings (SSSR count). The fourth-order valence-electron chi connectivity index (χ4n) is 4.51. The van der Waals surface area contributed by atoms with Crippen LogP contribution in [0.25, 0.3) is 11.1 Å². The number of likely N-dealkylation sites (tertiary alicyclic amines) is 1. The lowest BCUT2D eigenvalue weighted by atomic mass is 10.1. The summed E-state index contributed by atoms with van der Waals surface area (Å²) < 4.78 is 25.4. The number of nitrogens with zero attached hydrogens (tertiary/aromatic N) is 2. The quantitative estimate of drug-likeness (QED) is 0.334. The molecule has 0 bridgehead atoms. The normalized spacial score (nSPS) is 13.8. The summed E-state index contributed by atoms with van der Waals surface area (Å²) in [5.41, 5.74) is 3.33. The van der Waals surface area contributed by atoms with Crippen LogP contribution in [0.5, 0.6) is 11.5 Å². The predicted octanol–water partition coefficient (Wildman–Crippen LogP) is 5.40. The van der Waals surface area contributed by atoms with Gasteiger partial charge in [0, 0.05) is 36.6 Å². The van der Waals surface area contributed by atoms with E-state index in [9.17, 15) is 9.18 Å². The molecule has 1 fully saturated rings. The Morgan fingerprint density at radius 1 is 0.973 bits per heavy atom. The van der Waals surface area contributed by atoms with Gasteiger partial charge < -0.3 is 19.7 Å². The van der Waals surface area contributed by atoms with Crippen molar-refractivity contribution >= 4 is 5.91 Å². The van der Waals surface area contributed by atoms with Crippen LogP contribution in [-0.2, 0) is 17.8 Å². The maximum Gasteiger partial charge on any atom is 0.226 e. The Labute approximate surface area is 218 Å². The number of hydrogen-bond donors (Lipinski definition) is 1. The first-order valence-corrected chi connectivity index (χ1v) is 13.2. The minimum Gasteiger partial charge on any atom is -0.494 e. The van der Waals surface area contributed by atoms with E-state index in [0.717, 1.165) is 42.9 Å². The van der Waals surface area contributed by atoms with E-state index in [1.165, 1.54) is 31.4 Å². The fraction of sp³-hybridized carbons (Fsp3) is 0.400. The molecule has 1 amide bonds. The van der Waals surface area contributed by atoms with E-state index < -0.39 is 0 Å². The molecule has 1 N–H and O–H groups in total. The number of carbonyl (C=O) groups excluding carboxylic acids is 1. The molecule has 1 saturated heterocycles. The van der Waals surface area contributed by atoms with Crippen molar-refractivity contribution in [1.29, 1.82) is 0 Å². The molecular formula is C30H36FN3O3. The monoisotopic (exact) mass is 505 g/mol. The van der Waals surface area contributed by atoms with E-state index in [0.29, 0.717) is 30.2 Å². The summed E-state index contributed by atoms with van der Waals surface area (Å²) in [6, 6.07) is 16.2. The number of pyridine rings is 1. The van der Waals surface area contributed by atoms with Crippen LogP contribution in [-0.4, -0.2) is 48.6 Å². The summed E-state index contributed by atoms with van der Waals surface area (Å²) in [4.78, 5) is 19.4. The van der Waals surface area contributed by atoms with Gasteiger partial charge in [-0.3, -0.25) is 9.78 Å². The molecule has 37 heavy (non-hydrogen) atoms. The highest BCUT2D eigenvalue weighted by atomic mass is 19.1. The summed E-state index contributed by atoms with van der Waals surface area (Å²) in [5.74, 6) is 0.783. The molecule has 0 unspecified atom stereocenters. The van der Waals surface area contributed by atoms with Crippen molar-refractivity contribution in [3.63, 3.8) is 0 Å². The molecule has 7 heteroatoms. The molecule has 196 valence electrons. The van der Waals surface area contributed by atoms with Gasteiger partial charge >= 0.3 is 0 Å². The van der Waals surface area contributed by atoms with E-state index in [1.807, 2.05) is 43.3 Å². The Balaban J connectivity index is 1.22. The Hall–Kier alpha value is -3.45. The van der Waals surface area contributed by atoms with Crippen LogP contribution in [0.2, 0.25) is 0 Å². The van der Waals surface area contributed by atoms with Crippen molar-refractivity contribution in [2.75, 3.05) is 32.8 Å². The molecule has 0 aliphatic carbocycles. The number of piperidine rings is 1. The summed E-state index contributed by atoms with van der Waals surface area (Å²) in [7, 11) is 0. The maximum atomic E-state index is 14.1. The molecule has 0 spiro atoms. The number of hydrogen-bond acceptors (Lipinski definition) is 5. The highest BCUT2D eigenvalue weighted by Gasteiger charge is 2.10. The van der Waals surface area contributed by atoms with Gasteiger partial charge in [0.2, 0.25) is 5.91 Å². The van der Waals surface area contributed by atoms with E-state index in [-0.39, 0.29) is 24.7 Å². The zero-order valence-corrected chi connectivity index (χ0v) is 21.5. The van der Waals surface area contributed by atoms with Crippen molar-refractivity contribution in [2.45, 2.75) is 45.6 Å². The lowest BCUT2D eigenvalue weighted by Crippen LogP contribution is -2.31. The van der Waals surface area contributed by atoms with Crippen molar-refractivity contribution in [3.8, 4) is 22.6 Å². The molecule has 2 aromatic carbocycles. The van der Waals surface area contributed by atoms with Crippen LogP contribution in [0.1, 0.15) is 43.9 Å². The molecule has 2 heterocycles. The zero-order valence-electron chi connectivity index (χ0n) is 21.5. The summed E-state index contributed by atoms with van der Waals surface area (Å²) in [5, 5.41) is 2.85. The van der Waals surface area contributed by atoms with Crippen LogP contribution in [0, 0.1) is 5.82 Å². The minimum absolute atomic E-state index is 0.152. The number of rotatable bonds is 12. The first kappa shape index (κ1) is 26.6. The van der Waals surface area contributed by atoms with Crippen LogP contribution in [0.15, 0.2) is 60.8 Å². The molecule has 3 aromatic rings. The first-order valence-electron chi connectivity index (χ1n) is 13.2. The van der Waals surface area contributed by atoms with E-state index >= 15 is 0 Å². The number of ether oxygens (including phenoxy) is 2. The van der Waals surface area contributed by atoms with Gasteiger partial charge in [-0.1, -0.05) is 24.6 Å². The molecular weight excluding hydrogens is 469 g/mol. The van der Waals surface area contributed by atoms with E-state index in [1.54, 1.807) is 12.3 Å². The van der Waals surface area contributed by atoms with Gasteiger partial charge in [0.15, 0.2) is 0 Å². The first-order chi connectivity index (χ1) is 18.1. The second-order valence-electron chi connectivity index (χ2n) is 9.35. The Bertz CT molecular complexity index is 1130. The highest BCUT2D eigenvalue weighted by molar-refractivity contribution is 5.78. The van der Waals surface area contributed by atoms with Gasteiger partial charge in [0.25, 0.3) is 0 Å². The van der Waals surface area contributed by atoms with E-state index in [2.05, 4.69) is 15.2 Å². The lowest BCUT2D eigenvalue weighted by Gasteiger charge is -2.26. The lowest BCUT2D eigenvalue weighted by molar-refractivity contribution is -0.120. The number of aromatic nitrogens is 1. The van der Waals surface area contributed by atoms with Gasteiger partial charge in [0.1, 0.15) is 17.3 Å². The Morgan fingerprint density at radius 3 is 2.49 bits per heavy atom. The molecule has 0 atom stereocenters. The van der Waals surface area contributed by atoms with Crippen molar-refractivity contribution in [2.24, 2.45) is 0 Å². The van der Waals surface area contributed by atoms with Gasteiger partial charge in [-0.15, -0.1) is 0 Å². The van der Waals surface area contributed by atoms with Crippen LogP contribution >= 0.6 is 0 Å². The number of amides is 1. The number of halogens is 1. The van der Waals surface area contributed by atoms with Gasteiger partial charge in [-0.25, -0.2) is 4.39 Å². The Morgan fingerprint density at radius 2 is 1.76 bits per heavy atom. The number of carbonyl (C=O) groups is 1.